The molecule has 0 bridgehead atoms. The number of fused-ring (bicyclic) bond motifs is 3. The Kier molecular flexibility index (Phi) is 1.87. The predicted molar refractivity (Wildman–Crippen MR) is 68.8 cm³/mol. The van der Waals surface area contributed by atoms with E-state index in [1.54, 1.807) is 0 Å². The van der Waals surface area contributed by atoms with Crippen LogP contribution in [0.3, 0.4) is 0 Å². The average Bonchev–Trinajstić information content (AvgIpc) is 2.78. The van der Waals surface area contributed by atoms with Crippen LogP contribution in [0.2, 0.25) is 0 Å². The van der Waals surface area contributed by atoms with Crippen LogP contribution in [0, 0.1) is 0 Å². The molecule has 0 saturated heterocycles. The Hall–Kier alpha value is -1.70. The molecule has 0 amide bonds. The molecule has 1 aromatic carbocycles. The first kappa shape index (κ1) is 9.52. The summed E-state index contributed by atoms with van der Waals surface area (Å²) in [6.45, 7) is 2.20. The third-order valence-electron chi connectivity index (χ3n) is 3.56. The second-order valence-electron chi connectivity index (χ2n) is 4.36. The van der Waals surface area contributed by atoms with Crippen LogP contribution < -0.4 is 0 Å². The molecule has 3 aromatic rings. The van der Waals surface area contributed by atoms with Gasteiger partial charge in [0.1, 0.15) is 0 Å². The van der Waals surface area contributed by atoms with Gasteiger partial charge in [-0.25, -0.2) is 0 Å². The van der Waals surface area contributed by atoms with Crippen LogP contribution in [-0.4, -0.2) is 9.13 Å². The summed E-state index contributed by atoms with van der Waals surface area (Å²) in [5, 5.41) is 1.35. The first-order valence-corrected chi connectivity index (χ1v) is 5.75. The van der Waals surface area contributed by atoms with Crippen LogP contribution in [-0.2, 0) is 20.5 Å². The van der Waals surface area contributed by atoms with Crippen molar-refractivity contribution in [3.8, 4) is 0 Å². The maximum atomic E-state index is 2.32. The van der Waals surface area contributed by atoms with E-state index in [0.717, 1.165) is 6.42 Å². The number of hydrogen-bond donors (Lipinski definition) is 0. The minimum atomic E-state index is 1.08. The quantitative estimate of drug-likeness (QED) is 0.586. The van der Waals surface area contributed by atoms with Crippen molar-refractivity contribution in [2.75, 3.05) is 0 Å². The van der Waals surface area contributed by atoms with E-state index >= 15 is 0 Å². The molecule has 0 radical (unpaired) electrons. The summed E-state index contributed by atoms with van der Waals surface area (Å²) < 4.78 is 4.60. The number of rotatable bonds is 1. The fourth-order valence-electron chi connectivity index (χ4n) is 2.65. The standard InChI is InChI=1S/C14H16N2/c1-4-10-9-13-14(15(10)2)11-7-5-6-8-12(11)16(13)3/h5-9H,4H2,1-3H3. The molecule has 0 fully saturated rings. The number of hydrogen-bond acceptors (Lipinski definition) is 0. The summed E-state index contributed by atoms with van der Waals surface area (Å²) in [5.41, 5.74) is 5.40. The highest BCUT2D eigenvalue weighted by molar-refractivity contribution is 6.06. The van der Waals surface area contributed by atoms with E-state index in [-0.39, 0.29) is 0 Å². The highest BCUT2D eigenvalue weighted by Gasteiger charge is 2.12. The van der Waals surface area contributed by atoms with Crippen molar-refractivity contribution >= 4 is 21.9 Å². The van der Waals surface area contributed by atoms with Crippen molar-refractivity contribution in [2.24, 2.45) is 14.1 Å². The minimum Gasteiger partial charge on any atom is -0.346 e. The molecule has 0 unspecified atom stereocenters. The van der Waals surface area contributed by atoms with E-state index in [1.165, 1.54) is 27.6 Å². The largest absolute Gasteiger partial charge is 0.346 e. The molecular formula is C14H16N2. The second-order valence-corrected chi connectivity index (χ2v) is 4.36. The summed E-state index contributed by atoms with van der Waals surface area (Å²) in [4.78, 5) is 0. The number of para-hydroxylation sites is 1. The summed E-state index contributed by atoms with van der Waals surface area (Å²) in [6, 6.07) is 10.9. The molecule has 2 heterocycles. The second kappa shape index (κ2) is 3.14. The van der Waals surface area contributed by atoms with Gasteiger partial charge < -0.3 is 9.13 Å². The van der Waals surface area contributed by atoms with Crippen molar-refractivity contribution in [1.82, 2.24) is 9.13 Å². The van der Waals surface area contributed by atoms with Gasteiger partial charge in [0.05, 0.1) is 16.6 Å². The lowest BCUT2D eigenvalue weighted by molar-refractivity contribution is 0.868. The number of benzene rings is 1. The molecule has 2 aromatic heterocycles. The lowest BCUT2D eigenvalue weighted by atomic mass is 10.2. The van der Waals surface area contributed by atoms with E-state index in [2.05, 4.69) is 60.5 Å². The van der Waals surface area contributed by atoms with Crippen LogP contribution in [0.15, 0.2) is 30.3 Å². The third-order valence-corrected chi connectivity index (χ3v) is 3.56. The summed E-state index contributed by atoms with van der Waals surface area (Å²) in [5.74, 6) is 0. The molecule has 0 N–H and O–H groups in total. The van der Waals surface area contributed by atoms with Crippen molar-refractivity contribution in [3.05, 3.63) is 36.0 Å². The van der Waals surface area contributed by atoms with Gasteiger partial charge in [-0.2, -0.15) is 0 Å². The van der Waals surface area contributed by atoms with E-state index in [4.69, 9.17) is 0 Å². The Bertz CT molecular complexity index is 671. The Balaban J connectivity index is 2.57. The zero-order chi connectivity index (χ0) is 11.3. The van der Waals surface area contributed by atoms with Crippen LogP contribution in [0.1, 0.15) is 12.6 Å². The molecule has 0 spiro atoms. The van der Waals surface area contributed by atoms with E-state index in [9.17, 15) is 0 Å². The third kappa shape index (κ3) is 1.02. The van der Waals surface area contributed by atoms with Gasteiger partial charge in [0.25, 0.3) is 0 Å². The molecular weight excluding hydrogens is 196 g/mol. The Morgan fingerprint density at radius 3 is 2.50 bits per heavy atom. The van der Waals surface area contributed by atoms with Gasteiger partial charge in [-0.05, 0) is 18.6 Å². The molecule has 0 aliphatic rings. The fraction of sp³-hybridized carbons (Fsp3) is 0.286. The summed E-state index contributed by atoms with van der Waals surface area (Å²) in [6.07, 6.45) is 1.08. The van der Waals surface area contributed by atoms with Crippen molar-refractivity contribution in [2.45, 2.75) is 13.3 Å². The number of nitrogens with zero attached hydrogens (tertiary/aromatic N) is 2. The maximum Gasteiger partial charge on any atom is 0.0742 e. The molecule has 2 nitrogen and oxygen atoms in total. The molecule has 0 aliphatic heterocycles. The van der Waals surface area contributed by atoms with E-state index in [1.807, 2.05) is 0 Å². The molecule has 0 saturated carbocycles. The summed E-state index contributed by atoms with van der Waals surface area (Å²) in [7, 11) is 4.30. The zero-order valence-electron chi connectivity index (χ0n) is 9.99. The van der Waals surface area contributed by atoms with Gasteiger partial charge in [-0.3, -0.25) is 0 Å². The molecule has 0 aliphatic carbocycles. The van der Waals surface area contributed by atoms with Crippen molar-refractivity contribution in [3.63, 3.8) is 0 Å². The van der Waals surface area contributed by atoms with Gasteiger partial charge in [-0.1, -0.05) is 25.1 Å². The first-order valence-electron chi connectivity index (χ1n) is 5.75. The zero-order valence-corrected chi connectivity index (χ0v) is 9.99. The van der Waals surface area contributed by atoms with Gasteiger partial charge >= 0.3 is 0 Å². The van der Waals surface area contributed by atoms with Gasteiger partial charge in [0.15, 0.2) is 0 Å². The monoisotopic (exact) mass is 212 g/mol. The van der Waals surface area contributed by atoms with E-state index in [0.29, 0.717) is 0 Å². The van der Waals surface area contributed by atoms with Crippen molar-refractivity contribution < 1.29 is 0 Å². The Morgan fingerprint density at radius 2 is 1.75 bits per heavy atom. The highest BCUT2D eigenvalue weighted by Crippen LogP contribution is 2.30. The SMILES string of the molecule is CCc1cc2c(c3ccccc3n2C)n1C. The fourth-order valence-corrected chi connectivity index (χ4v) is 2.65. The molecule has 82 valence electrons. The van der Waals surface area contributed by atoms with Crippen LogP contribution >= 0.6 is 0 Å². The first-order chi connectivity index (χ1) is 7.74. The van der Waals surface area contributed by atoms with Gasteiger partial charge in [0, 0.05) is 25.2 Å². The average molecular weight is 212 g/mol. The number of aryl methyl sites for hydroxylation is 3. The van der Waals surface area contributed by atoms with Crippen LogP contribution in [0.4, 0.5) is 0 Å². The van der Waals surface area contributed by atoms with E-state index < -0.39 is 0 Å². The minimum absolute atomic E-state index is 1.08. The van der Waals surface area contributed by atoms with Gasteiger partial charge in [-0.15, -0.1) is 0 Å². The number of aromatic nitrogens is 2. The smallest absolute Gasteiger partial charge is 0.0742 e. The predicted octanol–water partition coefficient (Wildman–Crippen LogP) is 3.23. The topological polar surface area (TPSA) is 9.86 Å². The molecule has 3 rings (SSSR count). The molecule has 2 heteroatoms. The normalized spacial score (nSPS) is 11.7. The Morgan fingerprint density at radius 1 is 1.00 bits per heavy atom. The van der Waals surface area contributed by atoms with Crippen molar-refractivity contribution in [1.29, 1.82) is 0 Å². The molecule has 0 atom stereocenters. The highest BCUT2D eigenvalue weighted by atomic mass is 15.0. The van der Waals surface area contributed by atoms with Gasteiger partial charge in [0.2, 0.25) is 0 Å². The lowest BCUT2D eigenvalue weighted by Gasteiger charge is -2.01. The maximum absolute atomic E-state index is 2.32. The van der Waals surface area contributed by atoms with Crippen LogP contribution in [0.5, 0.6) is 0 Å². The molecule has 16 heavy (non-hydrogen) atoms. The lowest BCUT2D eigenvalue weighted by Crippen LogP contribution is -1.93. The van der Waals surface area contributed by atoms with Crippen LogP contribution in [0.25, 0.3) is 21.9 Å². The summed E-state index contributed by atoms with van der Waals surface area (Å²) >= 11 is 0. The Labute approximate surface area is 95.1 Å².